The van der Waals surface area contributed by atoms with E-state index in [1.807, 2.05) is 25.7 Å². The topological polar surface area (TPSA) is 77.8 Å². The molecule has 1 amide bonds. The second-order valence-electron chi connectivity index (χ2n) is 7.28. The number of hydrogen-bond donors (Lipinski definition) is 2. The molecule has 2 heterocycles. The third-order valence-electron chi connectivity index (χ3n) is 5.28. The number of hydrogen-bond acceptors (Lipinski definition) is 4. The lowest BCUT2D eigenvalue weighted by Crippen LogP contribution is -2.54. The molecule has 0 spiro atoms. The molecule has 26 heavy (non-hydrogen) atoms. The molecule has 2 fully saturated rings. The van der Waals surface area contributed by atoms with Gasteiger partial charge in [0.15, 0.2) is 5.96 Å². The highest BCUT2D eigenvalue weighted by molar-refractivity contribution is 5.80. The summed E-state index contributed by atoms with van der Waals surface area (Å²) >= 11 is 0. The molecule has 0 atom stereocenters. The number of amides is 1. The standard InChI is InChI=1S/C18H31N7O/c1-13-16(14(2)23(4)22-13)11-20-18(19-3)25-9-7-24(8-10-25)12-17(26)21-15-5-6-15/h15H,5-12H2,1-4H3,(H,19,20)(H,21,26). The van der Waals surface area contributed by atoms with Crippen molar-refractivity contribution in [2.75, 3.05) is 39.8 Å². The normalized spacial score (nSPS) is 18.9. The van der Waals surface area contributed by atoms with E-state index in [0.29, 0.717) is 12.6 Å². The van der Waals surface area contributed by atoms with Gasteiger partial charge in [0, 0.05) is 64.1 Å². The van der Waals surface area contributed by atoms with Crippen molar-refractivity contribution in [1.82, 2.24) is 30.2 Å². The Balaban J connectivity index is 1.46. The van der Waals surface area contributed by atoms with Crippen LogP contribution in [0.25, 0.3) is 0 Å². The maximum Gasteiger partial charge on any atom is 0.234 e. The van der Waals surface area contributed by atoms with E-state index >= 15 is 0 Å². The summed E-state index contributed by atoms with van der Waals surface area (Å²) < 4.78 is 1.92. The van der Waals surface area contributed by atoms with E-state index in [4.69, 9.17) is 0 Å². The van der Waals surface area contributed by atoms with Crippen LogP contribution in [-0.2, 0) is 18.4 Å². The Morgan fingerprint density at radius 3 is 2.46 bits per heavy atom. The van der Waals surface area contributed by atoms with Crippen molar-refractivity contribution >= 4 is 11.9 Å². The van der Waals surface area contributed by atoms with Gasteiger partial charge < -0.3 is 15.5 Å². The molecule has 1 saturated heterocycles. The molecule has 0 radical (unpaired) electrons. The van der Waals surface area contributed by atoms with E-state index in [2.05, 4.69) is 37.4 Å². The maximum absolute atomic E-state index is 11.9. The van der Waals surface area contributed by atoms with Crippen molar-refractivity contribution in [3.63, 3.8) is 0 Å². The highest BCUT2D eigenvalue weighted by Crippen LogP contribution is 2.18. The van der Waals surface area contributed by atoms with Gasteiger partial charge in [0.25, 0.3) is 0 Å². The van der Waals surface area contributed by atoms with Gasteiger partial charge in [-0.2, -0.15) is 5.10 Å². The number of aryl methyl sites for hydroxylation is 2. The van der Waals surface area contributed by atoms with Gasteiger partial charge in [0.05, 0.1) is 12.2 Å². The largest absolute Gasteiger partial charge is 0.352 e. The fraction of sp³-hybridized carbons (Fsp3) is 0.722. The number of carbonyl (C=O) groups is 1. The molecular weight excluding hydrogens is 330 g/mol. The molecule has 144 valence electrons. The molecule has 1 aromatic heterocycles. The van der Waals surface area contributed by atoms with Crippen LogP contribution in [0.2, 0.25) is 0 Å². The van der Waals surface area contributed by atoms with Gasteiger partial charge in [-0.3, -0.25) is 19.4 Å². The molecule has 8 nitrogen and oxygen atoms in total. The zero-order chi connectivity index (χ0) is 18.7. The van der Waals surface area contributed by atoms with Crippen molar-refractivity contribution in [3.05, 3.63) is 17.0 Å². The summed E-state index contributed by atoms with van der Waals surface area (Å²) in [6.07, 6.45) is 2.27. The molecule has 1 aromatic rings. The summed E-state index contributed by atoms with van der Waals surface area (Å²) in [5, 5.41) is 11.0. The molecule has 0 aromatic carbocycles. The quantitative estimate of drug-likeness (QED) is 0.571. The molecule has 1 saturated carbocycles. The Bertz CT molecular complexity index is 669. The molecule has 2 N–H and O–H groups in total. The van der Waals surface area contributed by atoms with Crippen molar-refractivity contribution in [2.45, 2.75) is 39.3 Å². The highest BCUT2D eigenvalue weighted by atomic mass is 16.2. The first-order valence-electron chi connectivity index (χ1n) is 9.44. The molecule has 0 bridgehead atoms. The first kappa shape index (κ1) is 18.7. The van der Waals surface area contributed by atoms with Crippen LogP contribution in [0.15, 0.2) is 4.99 Å². The number of guanidine groups is 1. The second kappa shape index (κ2) is 8.07. The average Bonchev–Trinajstić information content (AvgIpc) is 3.38. The van der Waals surface area contributed by atoms with Crippen LogP contribution in [0.4, 0.5) is 0 Å². The fourth-order valence-corrected chi connectivity index (χ4v) is 3.39. The number of nitrogens with one attached hydrogen (secondary N) is 2. The zero-order valence-electron chi connectivity index (χ0n) is 16.4. The van der Waals surface area contributed by atoms with E-state index in [-0.39, 0.29) is 5.91 Å². The third kappa shape index (κ3) is 4.55. The van der Waals surface area contributed by atoms with Gasteiger partial charge in [0.1, 0.15) is 0 Å². The van der Waals surface area contributed by atoms with Crippen LogP contribution in [0.1, 0.15) is 29.8 Å². The molecule has 1 aliphatic carbocycles. The van der Waals surface area contributed by atoms with Crippen molar-refractivity contribution in [2.24, 2.45) is 12.0 Å². The number of aromatic nitrogens is 2. The van der Waals surface area contributed by atoms with Crippen molar-refractivity contribution in [3.8, 4) is 0 Å². The third-order valence-corrected chi connectivity index (χ3v) is 5.28. The fourth-order valence-electron chi connectivity index (χ4n) is 3.39. The van der Waals surface area contributed by atoms with Crippen LogP contribution >= 0.6 is 0 Å². The number of piperazine rings is 1. The van der Waals surface area contributed by atoms with Gasteiger partial charge in [-0.05, 0) is 26.7 Å². The van der Waals surface area contributed by atoms with E-state index in [1.54, 1.807) is 0 Å². The minimum atomic E-state index is 0.158. The Morgan fingerprint density at radius 2 is 1.92 bits per heavy atom. The minimum absolute atomic E-state index is 0.158. The van der Waals surface area contributed by atoms with Gasteiger partial charge in [-0.25, -0.2) is 0 Å². The van der Waals surface area contributed by atoms with Crippen LogP contribution in [0.3, 0.4) is 0 Å². The maximum atomic E-state index is 11.9. The number of carbonyl (C=O) groups excluding carboxylic acids is 1. The van der Waals surface area contributed by atoms with Gasteiger partial charge >= 0.3 is 0 Å². The van der Waals surface area contributed by atoms with Crippen LogP contribution in [0, 0.1) is 13.8 Å². The summed E-state index contributed by atoms with van der Waals surface area (Å²) in [5.74, 6) is 1.07. The molecular formula is C18H31N7O. The van der Waals surface area contributed by atoms with Crippen molar-refractivity contribution in [1.29, 1.82) is 0 Å². The molecule has 3 rings (SSSR count). The molecule has 8 heteroatoms. The van der Waals surface area contributed by atoms with Crippen LogP contribution < -0.4 is 10.6 Å². The number of rotatable bonds is 5. The second-order valence-corrected chi connectivity index (χ2v) is 7.28. The summed E-state index contributed by atoms with van der Waals surface area (Å²) in [6.45, 7) is 8.87. The Kier molecular flexibility index (Phi) is 5.80. The zero-order valence-corrected chi connectivity index (χ0v) is 16.4. The van der Waals surface area contributed by atoms with Gasteiger partial charge in [0.2, 0.25) is 5.91 Å². The van der Waals surface area contributed by atoms with Crippen LogP contribution in [-0.4, -0.2) is 77.3 Å². The van der Waals surface area contributed by atoms with Gasteiger partial charge in [-0.15, -0.1) is 0 Å². The Hall–Kier alpha value is -2.09. The molecule has 2 aliphatic rings. The smallest absolute Gasteiger partial charge is 0.234 e. The lowest BCUT2D eigenvalue weighted by molar-refractivity contribution is -0.122. The highest BCUT2D eigenvalue weighted by Gasteiger charge is 2.26. The number of aliphatic imine (C=N–C) groups is 1. The van der Waals surface area contributed by atoms with E-state index in [9.17, 15) is 4.79 Å². The van der Waals surface area contributed by atoms with E-state index in [0.717, 1.165) is 57.2 Å². The minimum Gasteiger partial charge on any atom is -0.352 e. The Morgan fingerprint density at radius 1 is 1.23 bits per heavy atom. The summed E-state index contributed by atoms with van der Waals surface area (Å²) in [7, 11) is 3.79. The Labute approximate surface area is 155 Å². The van der Waals surface area contributed by atoms with Gasteiger partial charge in [-0.1, -0.05) is 0 Å². The first-order chi connectivity index (χ1) is 12.5. The lowest BCUT2D eigenvalue weighted by atomic mass is 10.2. The predicted molar refractivity (Wildman–Crippen MR) is 102 cm³/mol. The van der Waals surface area contributed by atoms with E-state index < -0.39 is 0 Å². The SMILES string of the molecule is CN=C(NCc1c(C)nn(C)c1C)N1CCN(CC(=O)NC2CC2)CC1. The van der Waals surface area contributed by atoms with Crippen LogP contribution in [0.5, 0.6) is 0 Å². The summed E-state index contributed by atoms with van der Waals surface area (Å²) in [4.78, 5) is 20.9. The summed E-state index contributed by atoms with van der Waals surface area (Å²) in [5.41, 5.74) is 3.46. The van der Waals surface area contributed by atoms with E-state index in [1.165, 1.54) is 11.3 Å². The summed E-state index contributed by atoms with van der Waals surface area (Å²) in [6, 6.07) is 0.436. The van der Waals surface area contributed by atoms with Crippen molar-refractivity contribution < 1.29 is 4.79 Å². The lowest BCUT2D eigenvalue weighted by Gasteiger charge is -2.36. The molecule has 0 unspecified atom stereocenters. The average molecular weight is 361 g/mol. The molecule has 1 aliphatic heterocycles. The predicted octanol–water partition coefficient (Wildman–Crippen LogP) is 0.00854. The number of nitrogens with zero attached hydrogens (tertiary/aromatic N) is 5. The monoisotopic (exact) mass is 361 g/mol. The first-order valence-corrected chi connectivity index (χ1v) is 9.44.